The van der Waals surface area contributed by atoms with Crippen molar-refractivity contribution in [3.63, 3.8) is 0 Å². The monoisotopic (exact) mass is 421 g/mol. The van der Waals surface area contributed by atoms with Crippen molar-refractivity contribution in [2.45, 2.75) is 31.4 Å². The number of halogens is 3. The fourth-order valence-corrected chi connectivity index (χ4v) is 3.58. The van der Waals surface area contributed by atoms with E-state index in [1.165, 1.54) is 30.8 Å². The molecule has 0 unspecified atom stereocenters. The molecular formula is C24H18F3N3O. The summed E-state index contributed by atoms with van der Waals surface area (Å²) in [6.45, 7) is 0. The lowest BCUT2D eigenvalue weighted by Crippen LogP contribution is -2.10. The van der Waals surface area contributed by atoms with Crippen LogP contribution in [0.5, 0.6) is 0 Å². The zero-order valence-corrected chi connectivity index (χ0v) is 16.4. The summed E-state index contributed by atoms with van der Waals surface area (Å²) >= 11 is 0. The maximum atomic E-state index is 12.6. The zero-order valence-electron chi connectivity index (χ0n) is 16.4. The van der Waals surface area contributed by atoms with Gasteiger partial charge < -0.3 is 4.42 Å². The Morgan fingerprint density at radius 1 is 0.968 bits per heavy atom. The minimum atomic E-state index is -4.54. The topological polar surface area (TPSA) is 51.8 Å². The summed E-state index contributed by atoms with van der Waals surface area (Å²) in [7, 11) is 0. The van der Waals surface area contributed by atoms with E-state index >= 15 is 0 Å². The van der Waals surface area contributed by atoms with Gasteiger partial charge in [0.15, 0.2) is 0 Å². The number of nitrogens with zero attached hydrogens (tertiary/aromatic N) is 3. The van der Waals surface area contributed by atoms with Gasteiger partial charge in [-0.15, -0.1) is 0 Å². The second kappa shape index (κ2) is 7.65. The number of benzene rings is 1. The third kappa shape index (κ3) is 4.08. The number of aromatic nitrogens is 3. The van der Waals surface area contributed by atoms with Gasteiger partial charge in [0.1, 0.15) is 11.5 Å². The highest BCUT2D eigenvalue weighted by Gasteiger charge is 2.34. The van der Waals surface area contributed by atoms with Crippen molar-refractivity contribution >= 4 is 16.8 Å². The van der Waals surface area contributed by atoms with Gasteiger partial charge in [-0.05, 0) is 48.4 Å². The lowest BCUT2D eigenvalue weighted by atomic mass is 10.0. The Morgan fingerprint density at radius 2 is 1.71 bits per heavy atom. The first kappa shape index (κ1) is 19.5. The predicted octanol–water partition coefficient (Wildman–Crippen LogP) is 6.44. The molecule has 0 radical (unpaired) electrons. The molecule has 0 atom stereocenters. The van der Waals surface area contributed by atoms with E-state index in [0.29, 0.717) is 23.7 Å². The number of allylic oxidation sites excluding steroid dienone is 1. The highest BCUT2D eigenvalue weighted by molar-refractivity contribution is 5.98. The Hall–Kier alpha value is -3.48. The number of fused-ring (bicyclic) bond motifs is 1. The van der Waals surface area contributed by atoms with Crippen molar-refractivity contribution in [1.82, 2.24) is 15.0 Å². The third-order valence-corrected chi connectivity index (χ3v) is 5.35. The molecule has 31 heavy (non-hydrogen) atoms. The molecule has 0 saturated heterocycles. The normalized spacial score (nSPS) is 14.5. The van der Waals surface area contributed by atoms with Gasteiger partial charge >= 0.3 is 6.18 Å². The van der Waals surface area contributed by atoms with E-state index in [2.05, 4.69) is 39.2 Å². The van der Waals surface area contributed by atoms with E-state index in [1.807, 2.05) is 18.2 Å². The van der Waals surface area contributed by atoms with Gasteiger partial charge in [-0.3, -0.25) is 4.98 Å². The Morgan fingerprint density at radius 3 is 2.39 bits per heavy atom. The fourth-order valence-electron chi connectivity index (χ4n) is 3.58. The number of alkyl halides is 3. The highest BCUT2D eigenvalue weighted by atomic mass is 19.4. The summed E-state index contributed by atoms with van der Waals surface area (Å²) in [5, 5.41) is 1.84. The van der Waals surface area contributed by atoms with Gasteiger partial charge in [-0.2, -0.15) is 13.2 Å². The summed E-state index contributed by atoms with van der Waals surface area (Å²) in [6.07, 6.45) is 7.88. The number of pyridine rings is 1. The lowest BCUT2D eigenvalue weighted by Gasteiger charge is -2.04. The molecule has 1 fully saturated rings. The molecule has 3 aromatic heterocycles. The molecule has 1 aliphatic rings. The molecule has 156 valence electrons. The molecule has 1 saturated carbocycles. The lowest BCUT2D eigenvalue weighted by molar-refractivity contribution is -0.145. The standard InChI is InChI=1S/C24H18F3N3O/c25-24(26,27)23-29-12-15(13-30-23)2-1-3-21-19-10-11-28-14-20(19)22(31-21)18-8-6-17(7-9-18)16-4-5-16/h1,3,6-14,16H,2,4-5H2/b3-1+. The molecule has 0 spiro atoms. The van der Waals surface area contributed by atoms with Crippen LogP contribution in [0.2, 0.25) is 0 Å². The quantitative estimate of drug-likeness (QED) is 0.372. The van der Waals surface area contributed by atoms with E-state index < -0.39 is 12.0 Å². The smallest absolute Gasteiger partial charge is 0.451 e. The Balaban J connectivity index is 1.40. The third-order valence-electron chi connectivity index (χ3n) is 5.35. The average molecular weight is 421 g/mol. The fraction of sp³-hybridized carbons (Fsp3) is 0.208. The van der Waals surface area contributed by atoms with Gasteiger partial charge in [0.2, 0.25) is 5.82 Å². The van der Waals surface area contributed by atoms with Crippen molar-refractivity contribution in [3.8, 4) is 11.3 Å². The average Bonchev–Trinajstić information content (AvgIpc) is 3.56. The van der Waals surface area contributed by atoms with Crippen LogP contribution in [0.15, 0.2) is 65.6 Å². The summed E-state index contributed by atoms with van der Waals surface area (Å²) in [6, 6.07) is 10.3. The van der Waals surface area contributed by atoms with Gasteiger partial charge in [0.05, 0.1) is 0 Å². The predicted molar refractivity (Wildman–Crippen MR) is 111 cm³/mol. The van der Waals surface area contributed by atoms with Gasteiger partial charge in [0, 0.05) is 41.1 Å². The van der Waals surface area contributed by atoms with E-state index in [-0.39, 0.29) is 0 Å². The summed E-state index contributed by atoms with van der Waals surface area (Å²) in [5.74, 6) is 0.980. The molecule has 0 aliphatic heterocycles. The Labute approximate surface area is 176 Å². The molecule has 0 N–H and O–H groups in total. The van der Waals surface area contributed by atoms with Crippen LogP contribution in [0, 0.1) is 0 Å². The second-order valence-corrected chi connectivity index (χ2v) is 7.63. The Bertz CT molecular complexity index is 1240. The minimum absolute atomic E-state index is 0.386. The van der Waals surface area contributed by atoms with Crippen LogP contribution < -0.4 is 0 Å². The van der Waals surface area contributed by atoms with Crippen LogP contribution in [0.1, 0.15) is 41.5 Å². The van der Waals surface area contributed by atoms with Crippen molar-refractivity contribution in [3.05, 3.63) is 83.9 Å². The molecule has 4 nitrogen and oxygen atoms in total. The maximum absolute atomic E-state index is 12.6. The summed E-state index contributed by atoms with van der Waals surface area (Å²) in [4.78, 5) is 11.0. The number of hydrogen-bond donors (Lipinski definition) is 0. The molecule has 1 aromatic carbocycles. The molecule has 0 amide bonds. The summed E-state index contributed by atoms with van der Waals surface area (Å²) < 4.78 is 43.9. The molecule has 4 aromatic rings. The molecule has 5 rings (SSSR count). The SMILES string of the molecule is FC(F)(F)c1ncc(C/C=C/c2oc(-c3ccc(C4CC4)cc3)c3cnccc23)cn1. The number of hydrogen-bond acceptors (Lipinski definition) is 4. The van der Waals surface area contributed by atoms with E-state index in [9.17, 15) is 13.2 Å². The van der Waals surface area contributed by atoms with Crippen LogP contribution in [0.3, 0.4) is 0 Å². The first-order valence-electron chi connectivity index (χ1n) is 10.0. The number of furan rings is 1. The minimum Gasteiger partial charge on any atom is -0.455 e. The van der Waals surface area contributed by atoms with Crippen LogP contribution in [0.4, 0.5) is 13.2 Å². The largest absolute Gasteiger partial charge is 0.455 e. The van der Waals surface area contributed by atoms with Gasteiger partial charge in [-0.25, -0.2) is 9.97 Å². The highest BCUT2D eigenvalue weighted by Crippen LogP contribution is 2.41. The zero-order chi connectivity index (χ0) is 21.4. The van der Waals surface area contributed by atoms with Crippen molar-refractivity contribution in [2.75, 3.05) is 0 Å². The molecule has 0 bridgehead atoms. The Kier molecular flexibility index (Phi) is 4.81. The van der Waals surface area contributed by atoms with Crippen molar-refractivity contribution in [2.24, 2.45) is 0 Å². The van der Waals surface area contributed by atoms with Crippen LogP contribution in [-0.2, 0) is 12.6 Å². The first-order chi connectivity index (χ1) is 15.0. The molecule has 3 heterocycles. The first-order valence-corrected chi connectivity index (χ1v) is 10.0. The second-order valence-electron chi connectivity index (χ2n) is 7.63. The number of rotatable bonds is 5. The van der Waals surface area contributed by atoms with Gasteiger partial charge in [0.25, 0.3) is 0 Å². The van der Waals surface area contributed by atoms with E-state index in [1.54, 1.807) is 12.4 Å². The summed E-state index contributed by atoms with van der Waals surface area (Å²) in [5.41, 5.74) is 2.92. The van der Waals surface area contributed by atoms with Crippen LogP contribution in [-0.4, -0.2) is 15.0 Å². The maximum Gasteiger partial charge on any atom is 0.451 e. The van der Waals surface area contributed by atoms with Crippen LogP contribution >= 0.6 is 0 Å². The van der Waals surface area contributed by atoms with Gasteiger partial charge in [-0.1, -0.05) is 30.3 Å². The van der Waals surface area contributed by atoms with Crippen molar-refractivity contribution in [1.29, 1.82) is 0 Å². The van der Waals surface area contributed by atoms with Crippen molar-refractivity contribution < 1.29 is 17.6 Å². The van der Waals surface area contributed by atoms with E-state index in [4.69, 9.17) is 4.42 Å². The van der Waals surface area contributed by atoms with E-state index in [0.717, 1.165) is 22.1 Å². The molecular weight excluding hydrogens is 403 g/mol. The molecule has 1 aliphatic carbocycles. The molecule has 7 heteroatoms. The van der Waals surface area contributed by atoms with Crippen LogP contribution in [0.25, 0.3) is 28.2 Å².